The third kappa shape index (κ3) is 2.37. The quantitative estimate of drug-likeness (QED) is 0.869. The fourth-order valence-corrected chi connectivity index (χ4v) is 2.78. The standard InChI is InChI=1S/C15H24N2O/c1-5-15(7-6-8-15)17-10-13-12(3)14(18-4)11(2)9-16-13/h9,17H,5-8,10H2,1-4H3. The average molecular weight is 248 g/mol. The van der Waals surface area contributed by atoms with E-state index in [0.717, 1.165) is 29.1 Å². The molecule has 2 rings (SSSR count). The summed E-state index contributed by atoms with van der Waals surface area (Å²) < 4.78 is 5.45. The maximum atomic E-state index is 5.45. The van der Waals surface area contributed by atoms with Crippen LogP contribution in [-0.4, -0.2) is 17.6 Å². The van der Waals surface area contributed by atoms with Crippen LogP contribution in [0.3, 0.4) is 0 Å². The highest BCUT2D eigenvalue weighted by atomic mass is 16.5. The van der Waals surface area contributed by atoms with Crippen LogP contribution in [0.15, 0.2) is 6.20 Å². The van der Waals surface area contributed by atoms with Gasteiger partial charge in [-0.1, -0.05) is 6.92 Å². The molecule has 100 valence electrons. The van der Waals surface area contributed by atoms with Crippen molar-refractivity contribution < 1.29 is 4.74 Å². The summed E-state index contributed by atoms with van der Waals surface area (Å²) in [6.45, 7) is 7.24. The van der Waals surface area contributed by atoms with Crippen molar-refractivity contribution in [1.29, 1.82) is 0 Å². The number of methoxy groups -OCH3 is 1. The first-order chi connectivity index (χ1) is 8.62. The predicted octanol–water partition coefficient (Wildman–Crippen LogP) is 3.13. The van der Waals surface area contributed by atoms with Crippen LogP contribution >= 0.6 is 0 Å². The molecule has 1 N–H and O–H groups in total. The van der Waals surface area contributed by atoms with Gasteiger partial charge in [-0.05, 0) is 39.5 Å². The van der Waals surface area contributed by atoms with E-state index in [4.69, 9.17) is 4.74 Å². The van der Waals surface area contributed by atoms with E-state index >= 15 is 0 Å². The van der Waals surface area contributed by atoms with Gasteiger partial charge in [0.1, 0.15) is 5.75 Å². The Morgan fingerprint density at radius 3 is 2.61 bits per heavy atom. The van der Waals surface area contributed by atoms with Gasteiger partial charge in [0.25, 0.3) is 0 Å². The summed E-state index contributed by atoms with van der Waals surface area (Å²) in [5.74, 6) is 0.973. The molecule has 1 saturated carbocycles. The maximum Gasteiger partial charge on any atom is 0.128 e. The van der Waals surface area contributed by atoms with Crippen LogP contribution < -0.4 is 10.1 Å². The first-order valence-corrected chi connectivity index (χ1v) is 6.86. The van der Waals surface area contributed by atoms with E-state index in [9.17, 15) is 0 Å². The van der Waals surface area contributed by atoms with Crippen molar-refractivity contribution in [2.75, 3.05) is 7.11 Å². The minimum absolute atomic E-state index is 0.367. The molecule has 0 unspecified atom stereocenters. The van der Waals surface area contributed by atoms with Crippen LogP contribution in [0.1, 0.15) is 49.4 Å². The van der Waals surface area contributed by atoms with Crippen LogP contribution in [-0.2, 0) is 6.54 Å². The summed E-state index contributed by atoms with van der Waals surface area (Å²) in [5.41, 5.74) is 3.74. The fourth-order valence-electron chi connectivity index (χ4n) is 2.78. The van der Waals surface area contributed by atoms with E-state index in [1.807, 2.05) is 13.1 Å². The molecule has 1 fully saturated rings. The number of nitrogens with one attached hydrogen (secondary N) is 1. The molecule has 3 nitrogen and oxygen atoms in total. The number of rotatable bonds is 5. The zero-order valence-corrected chi connectivity index (χ0v) is 12.0. The van der Waals surface area contributed by atoms with Crippen molar-refractivity contribution in [3.8, 4) is 5.75 Å². The Bertz CT molecular complexity index is 419. The summed E-state index contributed by atoms with van der Waals surface area (Å²) in [4.78, 5) is 4.54. The number of hydrogen-bond acceptors (Lipinski definition) is 3. The lowest BCUT2D eigenvalue weighted by atomic mass is 9.75. The first kappa shape index (κ1) is 13.3. The first-order valence-electron chi connectivity index (χ1n) is 6.86. The predicted molar refractivity (Wildman–Crippen MR) is 74.0 cm³/mol. The molecule has 1 aromatic rings. The van der Waals surface area contributed by atoms with Gasteiger partial charge in [-0.3, -0.25) is 4.98 Å². The SMILES string of the molecule is CCC1(NCc2ncc(C)c(OC)c2C)CCC1. The number of aromatic nitrogens is 1. The van der Waals surface area contributed by atoms with Crippen LogP contribution in [0.5, 0.6) is 5.75 Å². The maximum absolute atomic E-state index is 5.45. The summed E-state index contributed by atoms with van der Waals surface area (Å²) in [6.07, 6.45) is 7.05. The Morgan fingerprint density at radius 2 is 2.11 bits per heavy atom. The van der Waals surface area contributed by atoms with Gasteiger partial charge in [-0.25, -0.2) is 0 Å². The Kier molecular flexibility index (Phi) is 3.91. The highest BCUT2D eigenvalue weighted by Gasteiger charge is 2.34. The van der Waals surface area contributed by atoms with Gasteiger partial charge in [-0.15, -0.1) is 0 Å². The highest BCUT2D eigenvalue weighted by Crippen LogP contribution is 2.35. The van der Waals surface area contributed by atoms with E-state index < -0.39 is 0 Å². The third-order valence-corrected chi connectivity index (χ3v) is 4.37. The zero-order valence-electron chi connectivity index (χ0n) is 12.0. The number of aryl methyl sites for hydroxylation is 1. The Labute approximate surface area is 110 Å². The lowest BCUT2D eigenvalue weighted by molar-refractivity contribution is 0.174. The fraction of sp³-hybridized carbons (Fsp3) is 0.667. The Hall–Kier alpha value is -1.09. The van der Waals surface area contributed by atoms with E-state index in [1.165, 1.54) is 25.7 Å². The average Bonchev–Trinajstić information content (AvgIpc) is 2.31. The molecule has 0 aliphatic heterocycles. The molecule has 0 spiro atoms. The molecular formula is C15H24N2O. The van der Waals surface area contributed by atoms with Crippen LogP contribution in [0.25, 0.3) is 0 Å². The summed E-state index contributed by atoms with van der Waals surface area (Å²) in [7, 11) is 1.73. The zero-order chi connectivity index (χ0) is 13.2. The topological polar surface area (TPSA) is 34.2 Å². The highest BCUT2D eigenvalue weighted by molar-refractivity contribution is 5.41. The van der Waals surface area contributed by atoms with E-state index in [2.05, 4.69) is 24.1 Å². The lowest BCUT2D eigenvalue weighted by Gasteiger charge is -2.42. The summed E-state index contributed by atoms with van der Waals surface area (Å²) in [6, 6.07) is 0. The van der Waals surface area contributed by atoms with Gasteiger partial charge in [0, 0.05) is 29.4 Å². The van der Waals surface area contributed by atoms with Gasteiger partial charge in [-0.2, -0.15) is 0 Å². The van der Waals surface area contributed by atoms with Gasteiger partial charge in [0.15, 0.2) is 0 Å². The second kappa shape index (κ2) is 5.27. The molecule has 1 aromatic heterocycles. The summed E-state index contributed by atoms with van der Waals surface area (Å²) >= 11 is 0. The molecule has 0 atom stereocenters. The molecule has 1 aliphatic carbocycles. The van der Waals surface area contributed by atoms with Gasteiger partial charge >= 0.3 is 0 Å². The lowest BCUT2D eigenvalue weighted by Crippen LogP contribution is -2.50. The molecule has 0 bridgehead atoms. The van der Waals surface area contributed by atoms with Crippen molar-refractivity contribution in [1.82, 2.24) is 10.3 Å². The smallest absolute Gasteiger partial charge is 0.128 e. The number of nitrogens with zero attached hydrogens (tertiary/aromatic N) is 1. The summed E-state index contributed by atoms with van der Waals surface area (Å²) in [5, 5.41) is 3.69. The molecule has 0 radical (unpaired) electrons. The molecule has 0 aromatic carbocycles. The molecular weight excluding hydrogens is 224 g/mol. The number of pyridine rings is 1. The van der Waals surface area contributed by atoms with Gasteiger partial charge in [0.05, 0.1) is 12.8 Å². The minimum Gasteiger partial charge on any atom is -0.496 e. The van der Waals surface area contributed by atoms with E-state index in [0.29, 0.717) is 5.54 Å². The molecule has 1 heterocycles. The van der Waals surface area contributed by atoms with Crippen molar-refractivity contribution in [3.63, 3.8) is 0 Å². The molecule has 3 heteroatoms. The van der Waals surface area contributed by atoms with Crippen molar-refractivity contribution in [2.45, 2.75) is 58.5 Å². The Balaban J connectivity index is 2.10. The number of ether oxygens (including phenoxy) is 1. The van der Waals surface area contributed by atoms with E-state index in [-0.39, 0.29) is 0 Å². The number of hydrogen-bond donors (Lipinski definition) is 1. The van der Waals surface area contributed by atoms with Gasteiger partial charge in [0.2, 0.25) is 0 Å². The second-order valence-electron chi connectivity index (χ2n) is 5.39. The van der Waals surface area contributed by atoms with Crippen molar-refractivity contribution in [3.05, 3.63) is 23.0 Å². The minimum atomic E-state index is 0.367. The van der Waals surface area contributed by atoms with Gasteiger partial charge < -0.3 is 10.1 Å². The largest absolute Gasteiger partial charge is 0.496 e. The third-order valence-electron chi connectivity index (χ3n) is 4.37. The van der Waals surface area contributed by atoms with Crippen LogP contribution in [0.4, 0.5) is 0 Å². The molecule has 18 heavy (non-hydrogen) atoms. The van der Waals surface area contributed by atoms with E-state index in [1.54, 1.807) is 7.11 Å². The van der Waals surface area contributed by atoms with Crippen molar-refractivity contribution >= 4 is 0 Å². The van der Waals surface area contributed by atoms with Crippen LogP contribution in [0.2, 0.25) is 0 Å². The van der Waals surface area contributed by atoms with Crippen LogP contribution in [0, 0.1) is 13.8 Å². The molecule has 0 amide bonds. The second-order valence-corrected chi connectivity index (χ2v) is 5.39. The monoisotopic (exact) mass is 248 g/mol. The van der Waals surface area contributed by atoms with Crippen molar-refractivity contribution in [2.24, 2.45) is 0 Å². The Morgan fingerprint density at radius 1 is 1.39 bits per heavy atom. The molecule has 0 saturated heterocycles. The normalized spacial score (nSPS) is 17.3. The molecule has 1 aliphatic rings.